The van der Waals surface area contributed by atoms with Gasteiger partial charge < -0.3 is 9.16 Å². The maximum absolute atomic E-state index is 7.21. The first-order valence-corrected chi connectivity index (χ1v) is 11.5. The van der Waals surface area contributed by atoms with Crippen molar-refractivity contribution in [2.75, 3.05) is 7.11 Å². The quantitative estimate of drug-likeness (QED) is 0.545. The van der Waals surface area contributed by atoms with Crippen LogP contribution in [0.25, 0.3) is 0 Å². The van der Waals surface area contributed by atoms with Crippen LogP contribution in [-0.4, -0.2) is 15.4 Å². The molecule has 0 radical (unpaired) electrons. The van der Waals surface area contributed by atoms with Gasteiger partial charge in [0.15, 0.2) is 0 Å². The van der Waals surface area contributed by atoms with Gasteiger partial charge in [-0.25, -0.2) is 0 Å². The predicted octanol–water partition coefficient (Wildman–Crippen LogP) is 6.51. The summed E-state index contributed by atoms with van der Waals surface area (Å²) in [4.78, 5) is 0. The molecular formula is C21H36O2Si. The second-order valence-corrected chi connectivity index (χ2v) is 14.5. The van der Waals surface area contributed by atoms with Crippen LogP contribution in [0.15, 0.2) is 18.2 Å². The molecule has 0 aromatic heterocycles. The zero-order chi connectivity index (χ0) is 18.3. The Kier molecular flexibility index (Phi) is 5.56. The van der Waals surface area contributed by atoms with Crippen molar-refractivity contribution in [2.45, 2.75) is 84.5 Å². The normalized spacial score (nSPS) is 20.1. The molecule has 1 aliphatic carbocycles. The fourth-order valence-corrected chi connectivity index (χ4v) is 10.6. The van der Waals surface area contributed by atoms with Gasteiger partial charge in [0.25, 0.3) is 0 Å². The lowest BCUT2D eigenvalue weighted by atomic mass is 9.87. The third-order valence-electron chi connectivity index (χ3n) is 6.02. The Morgan fingerprint density at radius 2 is 1.54 bits per heavy atom. The van der Waals surface area contributed by atoms with Crippen LogP contribution in [0.4, 0.5) is 0 Å². The van der Waals surface area contributed by atoms with Gasteiger partial charge in [0.05, 0.1) is 13.2 Å². The van der Waals surface area contributed by atoms with Crippen molar-refractivity contribution in [2.24, 2.45) is 5.41 Å². The van der Waals surface area contributed by atoms with E-state index in [-0.39, 0.29) is 11.5 Å². The summed E-state index contributed by atoms with van der Waals surface area (Å²) in [5.74, 6) is 0.936. The van der Waals surface area contributed by atoms with Crippen molar-refractivity contribution in [3.8, 4) is 5.75 Å². The van der Waals surface area contributed by atoms with Gasteiger partial charge in [-0.05, 0) is 51.7 Å². The van der Waals surface area contributed by atoms with E-state index >= 15 is 0 Å². The van der Waals surface area contributed by atoms with E-state index in [0.29, 0.717) is 16.6 Å². The third-order valence-corrected chi connectivity index (χ3v) is 12.1. The fourth-order valence-electron chi connectivity index (χ4n) is 4.94. The van der Waals surface area contributed by atoms with Crippen LogP contribution in [0, 0.1) is 5.41 Å². The van der Waals surface area contributed by atoms with Crippen molar-refractivity contribution in [3.63, 3.8) is 0 Å². The summed E-state index contributed by atoms with van der Waals surface area (Å²) in [6.07, 6.45) is 1.25. The van der Waals surface area contributed by atoms with Gasteiger partial charge in [0, 0.05) is 0 Å². The average Bonchev–Trinajstić information content (AvgIpc) is 2.72. The van der Waals surface area contributed by atoms with Crippen LogP contribution in [0.3, 0.4) is 0 Å². The second-order valence-electron chi connectivity index (χ2n) is 9.05. The first kappa shape index (κ1) is 19.5. The highest BCUT2D eigenvalue weighted by Gasteiger charge is 2.51. The highest BCUT2D eigenvalue weighted by molar-refractivity contribution is 6.77. The van der Waals surface area contributed by atoms with Crippen LogP contribution in [0.5, 0.6) is 5.75 Å². The molecule has 0 N–H and O–H groups in total. The van der Waals surface area contributed by atoms with Crippen molar-refractivity contribution >= 4 is 8.32 Å². The Bertz CT molecular complexity index is 553. The topological polar surface area (TPSA) is 18.5 Å². The lowest BCUT2D eigenvalue weighted by molar-refractivity contribution is 0.0718. The van der Waals surface area contributed by atoms with Crippen molar-refractivity contribution in [3.05, 3.63) is 29.3 Å². The molecule has 0 unspecified atom stereocenters. The van der Waals surface area contributed by atoms with Crippen LogP contribution in [0.2, 0.25) is 16.6 Å². The molecule has 0 bridgehead atoms. The van der Waals surface area contributed by atoms with Gasteiger partial charge in [0.1, 0.15) is 5.75 Å². The second kappa shape index (κ2) is 6.84. The molecule has 24 heavy (non-hydrogen) atoms. The zero-order valence-electron chi connectivity index (χ0n) is 17.1. The van der Waals surface area contributed by atoms with E-state index in [1.165, 1.54) is 11.1 Å². The molecule has 0 amide bonds. The lowest BCUT2D eigenvalue weighted by Crippen LogP contribution is -2.49. The standard InChI is InChI=1S/C21H36O2Si/c1-14(2)24(15(3)4,16(5)6)23-20-19-12-18(22-9)11-10-17(19)13-21(20,7)8/h10-12,14-16,20H,13H2,1-9H3/t20-/m1/s1. The molecule has 0 spiro atoms. The van der Waals surface area contributed by atoms with Crippen LogP contribution in [-0.2, 0) is 10.8 Å². The number of hydrogen-bond donors (Lipinski definition) is 0. The van der Waals surface area contributed by atoms with Crippen LogP contribution < -0.4 is 4.74 Å². The average molecular weight is 349 g/mol. The van der Waals surface area contributed by atoms with E-state index in [9.17, 15) is 0 Å². The molecule has 136 valence electrons. The van der Waals surface area contributed by atoms with Gasteiger partial charge in [-0.3, -0.25) is 0 Å². The van der Waals surface area contributed by atoms with Crippen molar-refractivity contribution in [1.29, 1.82) is 0 Å². The minimum absolute atomic E-state index is 0.131. The molecule has 1 aromatic rings. The van der Waals surface area contributed by atoms with E-state index in [4.69, 9.17) is 9.16 Å². The molecule has 1 aliphatic rings. The molecular weight excluding hydrogens is 312 g/mol. The molecule has 3 heteroatoms. The van der Waals surface area contributed by atoms with E-state index in [1.807, 2.05) is 0 Å². The third kappa shape index (κ3) is 3.17. The fraction of sp³-hybridized carbons (Fsp3) is 0.714. The Balaban J connectivity index is 2.50. The monoisotopic (exact) mass is 348 g/mol. The van der Waals surface area contributed by atoms with Crippen LogP contribution >= 0.6 is 0 Å². The molecule has 0 saturated heterocycles. The zero-order valence-corrected chi connectivity index (χ0v) is 18.1. The minimum Gasteiger partial charge on any atom is -0.497 e. The number of rotatable bonds is 6. The Morgan fingerprint density at radius 1 is 1.00 bits per heavy atom. The van der Waals surface area contributed by atoms with Crippen molar-refractivity contribution in [1.82, 2.24) is 0 Å². The summed E-state index contributed by atoms with van der Waals surface area (Å²) in [5.41, 5.74) is 4.70. The number of fused-ring (bicyclic) bond motifs is 1. The molecule has 0 aliphatic heterocycles. The first-order valence-electron chi connectivity index (χ1n) is 9.40. The highest BCUT2D eigenvalue weighted by atomic mass is 28.4. The van der Waals surface area contributed by atoms with Crippen molar-refractivity contribution < 1.29 is 9.16 Å². The maximum atomic E-state index is 7.21. The van der Waals surface area contributed by atoms with E-state index in [2.05, 4.69) is 73.6 Å². The summed E-state index contributed by atoms with van der Waals surface area (Å²) >= 11 is 0. The van der Waals surface area contributed by atoms with Gasteiger partial charge >= 0.3 is 0 Å². The smallest absolute Gasteiger partial charge is 0.201 e. The Hall–Kier alpha value is -0.803. The van der Waals surface area contributed by atoms with E-state index in [1.54, 1.807) is 7.11 Å². The molecule has 1 aromatic carbocycles. The summed E-state index contributed by atoms with van der Waals surface area (Å²) in [6.45, 7) is 18.9. The minimum atomic E-state index is -1.92. The molecule has 0 heterocycles. The SMILES string of the molecule is COc1ccc2c(c1)[C@@H](O[Si](C(C)C)(C(C)C)C(C)C)C(C)(C)C2. The predicted molar refractivity (Wildman–Crippen MR) is 105 cm³/mol. The Morgan fingerprint density at radius 3 is 2.00 bits per heavy atom. The van der Waals surface area contributed by atoms with Gasteiger partial charge in [-0.2, -0.15) is 0 Å². The molecule has 0 fully saturated rings. The van der Waals surface area contributed by atoms with Crippen LogP contribution in [0.1, 0.15) is 72.6 Å². The van der Waals surface area contributed by atoms with E-state index in [0.717, 1.165) is 12.2 Å². The molecule has 1 atom stereocenters. The Labute approximate surface area is 150 Å². The van der Waals surface area contributed by atoms with Gasteiger partial charge in [-0.1, -0.05) is 61.5 Å². The first-order chi connectivity index (χ1) is 11.1. The van der Waals surface area contributed by atoms with E-state index < -0.39 is 8.32 Å². The number of methoxy groups -OCH3 is 1. The number of ether oxygens (including phenoxy) is 1. The maximum Gasteiger partial charge on any atom is 0.201 e. The number of benzene rings is 1. The molecule has 2 nitrogen and oxygen atoms in total. The highest BCUT2D eigenvalue weighted by Crippen LogP contribution is 2.54. The summed E-state index contributed by atoms with van der Waals surface area (Å²) < 4.78 is 12.7. The molecule has 0 saturated carbocycles. The van der Waals surface area contributed by atoms with Gasteiger partial charge in [-0.15, -0.1) is 0 Å². The summed E-state index contributed by atoms with van der Waals surface area (Å²) in [6, 6.07) is 6.51. The molecule has 2 rings (SSSR count). The summed E-state index contributed by atoms with van der Waals surface area (Å²) in [7, 11) is -0.175. The lowest BCUT2D eigenvalue weighted by Gasteiger charge is -2.46. The summed E-state index contributed by atoms with van der Waals surface area (Å²) in [5, 5.41) is 0. The number of hydrogen-bond acceptors (Lipinski definition) is 2. The largest absolute Gasteiger partial charge is 0.497 e. The van der Waals surface area contributed by atoms with Gasteiger partial charge in [0.2, 0.25) is 8.32 Å².